The minimum absolute atomic E-state index is 0.0925. The van der Waals surface area contributed by atoms with Gasteiger partial charge >= 0.3 is 12.4 Å². The Morgan fingerprint density at radius 3 is 1.62 bits per heavy atom. The summed E-state index contributed by atoms with van der Waals surface area (Å²) in [6.45, 7) is 3.15. The summed E-state index contributed by atoms with van der Waals surface area (Å²) in [5.74, 6) is 0. The van der Waals surface area contributed by atoms with Gasteiger partial charge < -0.3 is 0 Å². The summed E-state index contributed by atoms with van der Waals surface area (Å²) in [7, 11) is 0. The fraction of sp³-hybridized carbons (Fsp3) is 0.308. The Morgan fingerprint density at radius 1 is 0.810 bits per heavy atom. The topological polar surface area (TPSA) is 17.8 Å². The fourth-order valence-corrected chi connectivity index (χ4v) is 1.95. The first-order valence-corrected chi connectivity index (χ1v) is 5.81. The maximum Gasteiger partial charge on any atom is 0.416 e. The number of aromatic nitrogens is 2. The molecule has 0 unspecified atom stereocenters. The average molecular weight is 308 g/mol. The molecular formula is C13H10F6N2. The predicted octanol–water partition coefficient (Wildman–Crippen LogP) is 4.53. The van der Waals surface area contributed by atoms with Crippen LogP contribution in [-0.4, -0.2) is 9.78 Å². The molecule has 114 valence electrons. The normalized spacial score (nSPS) is 12.8. The first-order chi connectivity index (χ1) is 9.48. The van der Waals surface area contributed by atoms with Gasteiger partial charge in [0, 0.05) is 5.69 Å². The average Bonchev–Trinajstić information content (AvgIpc) is 2.65. The Morgan fingerprint density at radius 2 is 1.29 bits per heavy atom. The highest BCUT2D eigenvalue weighted by molar-refractivity contribution is 5.43. The standard InChI is InChI=1S/C13H10F6N2/c1-7-3-8(2)21(20-7)11-5-9(12(14,15)16)4-10(6-11)13(17,18)19/h3-6H,1-2H3. The number of benzene rings is 1. The van der Waals surface area contributed by atoms with E-state index in [1.165, 1.54) is 0 Å². The van der Waals surface area contributed by atoms with E-state index in [9.17, 15) is 26.3 Å². The molecule has 0 atom stereocenters. The van der Waals surface area contributed by atoms with Gasteiger partial charge in [-0.15, -0.1) is 0 Å². The molecule has 0 bridgehead atoms. The quantitative estimate of drug-likeness (QED) is 0.708. The molecule has 0 amide bonds. The summed E-state index contributed by atoms with van der Waals surface area (Å²) in [5.41, 5.74) is -2.05. The highest BCUT2D eigenvalue weighted by Crippen LogP contribution is 2.37. The molecule has 0 aliphatic rings. The molecule has 0 radical (unpaired) electrons. The third-order valence-electron chi connectivity index (χ3n) is 2.83. The summed E-state index contributed by atoms with van der Waals surface area (Å²) < 4.78 is 77.6. The van der Waals surface area contributed by atoms with E-state index in [1.807, 2.05) is 0 Å². The minimum atomic E-state index is -4.87. The maximum atomic E-state index is 12.8. The number of hydrogen-bond donors (Lipinski definition) is 0. The van der Waals surface area contributed by atoms with E-state index in [-0.39, 0.29) is 11.8 Å². The predicted molar refractivity (Wildman–Crippen MR) is 63.0 cm³/mol. The van der Waals surface area contributed by atoms with E-state index in [0.29, 0.717) is 23.5 Å². The van der Waals surface area contributed by atoms with Gasteiger partial charge in [0.25, 0.3) is 0 Å². The van der Waals surface area contributed by atoms with Crippen molar-refractivity contribution in [1.29, 1.82) is 0 Å². The summed E-state index contributed by atoms with van der Waals surface area (Å²) in [4.78, 5) is 0. The van der Waals surface area contributed by atoms with Gasteiger partial charge in [-0.05, 0) is 38.1 Å². The van der Waals surface area contributed by atoms with E-state index < -0.39 is 23.5 Å². The zero-order valence-electron chi connectivity index (χ0n) is 11.0. The first-order valence-electron chi connectivity index (χ1n) is 5.81. The second-order valence-corrected chi connectivity index (χ2v) is 4.60. The largest absolute Gasteiger partial charge is 0.416 e. The van der Waals surface area contributed by atoms with Crippen LogP contribution in [0.25, 0.3) is 5.69 Å². The molecule has 2 aromatic rings. The SMILES string of the molecule is Cc1cc(C)n(-c2cc(C(F)(F)F)cc(C(F)(F)F)c2)n1. The summed E-state index contributed by atoms with van der Waals surface area (Å²) >= 11 is 0. The highest BCUT2D eigenvalue weighted by Gasteiger charge is 2.37. The number of halogens is 6. The van der Waals surface area contributed by atoms with Crippen molar-refractivity contribution in [3.8, 4) is 5.69 Å². The van der Waals surface area contributed by atoms with Gasteiger partial charge in [0.2, 0.25) is 0 Å². The van der Waals surface area contributed by atoms with Crippen LogP contribution in [0.2, 0.25) is 0 Å². The lowest BCUT2D eigenvalue weighted by Crippen LogP contribution is -2.13. The van der Waals surface area contributed by atoms with Crippen LogP contribution in [0.3, 0.4) is 0 Å². The van der Waals surface area contributed by atoms with E-state index in [2.05, 4.69) is 5.10 Å². The Labute approximate surface area is 116 Å². The summed E-state index contributed by atoms with van der Waals surface area (Å²) in [6.07, 6.45) is -9.74. The first kappa shape index (κ1) is 15.4. The summed E-state index contributed by atoms with van der Waals surface area (Å²) in [6, 6.07) is 2.95. The van der Waals surface area contributed by atoms with E-state index in [1.54, 1.807) is 19.9 Å². The van der Waals surface area contributed by atoms with Crippen LogP contribution in [0.5, 0.6) is 0 Å². The maximum absolute atomic E-state index is 12.8. The van der Waals surface area contributed by atoms with Crippen LogP contribution in [0.4, 0.5) is 26.3 Å². The Bertz CT molecular complexity index is 634. The van der Waals surface area contributed by atoms with Crippen molar-refractivity contribution in [3.05, 3.63) is 46.8 Å². The molecule has 0 saturated heterocycles. The van der Waals surface area contributed by atoms with Crippen molar-refractivity contribution in [2.75, 3.05) is 0 Å². The lowest BCUT2D eigenvalue weighted by Gasteiger charge is -2.14. The number of rotatable bonds is 1. The van der Waals surface area contributed by atoms with E-state index >= 15 is 0 Å². The molecule has 1 heterocycles. The second kappa shape index (κ2) is 4.78. The Kier molecular flexibility index (Phi) is 3.51. The second-order valence-electron chi connectivity index (χ2n) is 4.60. The highest BCUT2D eigenvalue weighted by atomic mass is 19.4. The molecular weight excluding hydrogens is 298 g/mol. The van der Waals surface area contributed by atoms with Gasteiger partial charge in [-0.3, -0.25) is 0 Å². The third kappa shape index (κ3) is 3.20. The van der Waals surface area contributed by atoms with Crippen LogP contribution in [0, 0.1) is 13.8 Å². The van der Waals surface area contributed by atoms with Crippen LogP contribution in [0.1, 0.15) is 22.5 Å². The smallest absolute Gasteiger partial charge is 0.238 e. The number of nitrogens with zero attached hydrogens (tertiary/aromatic N) is 2. The van der Waals surface area contributed by atoms with Crippen molar-refractivity contribution >= 4 is 0 Å². The van der Waals surface area contributed by atoms with Crippen molar-refractivity contribution in [3.63, 3.8) is 0 Å². The summed E-state index contributed by atoms with van der Waals surface area (Å²) in [5, 5.41) is 3.91. The van der Waals surface area contributed by atoms with Gasteiger partial charge in [-0.2, -0.15) is 31.4 Å². The fourth-order valence-electron chi connectivity index (χ4n) is 1.95. The number of hydrogen-bond acceptors (Lipinski definition) is 1. The van der Waals surface area contributed by atoms with Crippen LogP contribution in [0.15, 0.2) is 24.3 Å². The van der Waals surface area contributed by atoms with E-state index in [4.69, 9.17) is 0 Å². The molecule has 0 fully saturated rings. The van der Waals surface area contributed by atoms with Gasteiger partial charge in [0.15, 0.2) is 0 Å². The van der Waals surface area contributed by atoms with Gasteiger partial charge in [-0.1, -0.05) is 0 Å². The molecule has 1 aromatic carbocycles. The third-order valence-corrected chi connectivity index (χ3v) is 2.83. The molecule has 8 heteroatoms. The van der Waals surface area contributed by atoms with Crippen LogP contribution >= 0.6 is 0 Å². The van der Waals surface area contributed by atoms with Crippen LogP contribution < -0.4 is 0 Å². The Hall–Kier alpha value is -1.99. The molecule has 0 aliphatic heterocycles. The van der Waals surface area contributed by atoms with Crippen LogP contribution in [-0.2, 0) is 12.4 Å². The minimum Gasteiger partial charge on any atom is -0.238 e. The van der Waals surface area contributed by atoms with Crippen molar-refractivity contribution in [2.45, 2.75) is 26.2 Å². The lowest BCUT2D eigenvalue weighted by atomic mass is 10.1. The molecule has 1 aromatic heterocycles. The zero-order valence-corrected chi connectivity index (χ0v) is 11.0. The molecule has 0 N–H and O–H groups in total. The molecule has 0 spiro atoms. The monoisotopic (exact) mass is 308 g/mol. The number of alkyl halides is 6. The molecule has 2 rings (SSSR count). The lowest BCUT2D eigenvalue weighted by molar-refractivity contribution is -0.143. The molecule has 0 saturated carbocycles. The van der Waals surface area contributed by atoms with Crippen molar-refractivity contribution in [2.24, 2.45) is 0 Å². The van der Waals surface area contributed by atoms with Crippen molar-refractivity contribution < 1.29 is 26.3 Å². The Balaban J connectivity index is 2.69. The molecule has 2 nitrogen and oxygen atoms in total. The molecule has 21 heavy (non-hydrogen) atoms. The van der Waals surface area contributed by atoms with E-state index in [0.717, 1.165) is 4.68 Å². The van der Waals surface area contributed by atoms with Crippen molar-refractivity contribution in [1.82, 2.24) is 9.78 Å². The van der Waals surface area contributed by atoms with Gasteiger partial charge in [0.1, 0.15) is 0 Å². The number of aryl methyl sites for hydroxylation is 2. The van der Waals surface area contributed by atoms with Gasteiger partial charge in [0.05, 0.1) is 22.5 Å². The molecule has 0 aliphatic carbocycles. The van der Waals surface area contributed by atoms with Gasteiger partial charge in [-0.25, -0.2) is 4.68 Å². The zero-order chi connectivity index (χ0) is 16.0.